The summed E-state index contributed by atoms with van der Waals surface area (Å²) in [5, 5.41) is 8.97. The molecule has 0 bridgehead atoms. The van der Waals surface area contributed by atoms with E-state index in [1.165, 1.54) is 12.3 Å². The Labute approximate surface area is 108 Å². The summed E-state index contributed by atoms with van der Waals surface area (Å²) in [7, 11) is 0. The number of esters is 1. The van der Waals surface area contributed by atoms with E-state index in [0.717, 1.165) is 5.56 Å². The molecule has 1 aliphatic rings. The fraction of sp³-hybridized carbons (Fsp3) is 0.154. The third-order valence-electron chi connectivity index (χ3n) is 2.91. The Bertz CT molecular complexity index is 635. The molecular formula is C13H11N3O3. The van der Waals surface area contributed by atoms with E-state index < -0.39 is 5.97 Å². The van der Waals surface area contributed by atoms with Gasteiger partial charge in [-0.1, -0.05) is 6.07 Å². The predicted octanol–water partition coefficient (Wildman–Crippen LogP) is 1.51. The molecule has 1 aromatic heterocycles. The normalized spacial score (nSPS) is 13.6. The molecule has 2 heterocycles. The van der Waals surface area contributed by atoms with E-state index in [1.54, 1.807) is 12.1 Å². The molecule has 3 rings (SSSR count). The zero-order valence-corrected chi connectivity index (χ0v) is 9.97. The Morgan fingerprint density at radius 2 is 2.16 bits per heavy atom. The van der Waals surface area contributed by atoms with Gasteiger partial charge in [0.1, 0.15) is 11.4 Å². The fourth-order valence-corrected chi connectivity index (χ4v) is 1.95. The van der Waals surface area contributed by atoms with Gasteiger partial charge in [-0.2, -0.15) is 5.10 Å². The number of fused-ring (bicyclic) bond motifs is 1. The number of rotatable bonds is 2. The van der Waals surface area contributed by atoms with Gasteiger partial charge in [0.05, 0.1) is 0 Å². The van der Waals surface area contributed by atoms with Crippen molar-refractivity contribution in [1.82, 2.24) is 10.2 Å². The first-order valence-corrected chi connectivity index (χ1v) is 5.87. The van der Waals surface area contributed by atoms with Crippen LogP contribution in [0.15, 0.2) is 30.5 Å². The van der Waals surface area contributed by atoms with Gasteiger partial charge in [-0.3, -0.25) is 9.89 Å². The number of amides is 1. The number of hydrogen-bond acceptors (Lipinski definition) is 4. The lowest BCUT2D eigenvalue weighted by Crippen LogP contribution is -2.19. The van der Waals surface area contributed by atoms with Gasteiger partial charge in [-0.25, -0.2) is 4.79 Å². The molecule has 6 heteroatoms. The SMILES string of the molecule is O=C1CCc2ccc(OC(=O)c3ccn[nH]3)cc2N1. The quantitative estimate of drug-likeness (QED) is 0.631. The molecule has 2 N–H and O–H groups in total. The second kappa shape index (κ2) is 4.56. The Balaban J connectivity index is 1.81. The van der Waals surface area contributed by atoms with E-state index in [0.29, 0.717) is 24.3 Å². The molecule has 0 saturated heterocycles. The summed E-state index contributed by atoms with van der Waals surface area (Å²) in [6.45, 7) is 0. The summed E-state index contributed by atoms with van der Waals surface area (Å²) >= 11 is 0. The summed E-state index contributed by atoms with van der Waals surface area (Å²) in [6.07, 6.45) is 2.67. The minimum atomic E-state index is -0.514. The number of nitrogens with one attached hydrogen (secondary N) is 2. The summed E-state index contributed by atoms with van der Waals surface area (Å²) < 4.78 is 5.20. The molecule has 0 unspecified atom stereocenters. The topological polar surface area (TPSA) is 84.1 Å². The second-order valence-corrected chi connectivity index (χ2v) is 4.23. The Hall–Kier alpha value is -2.63. The van der Waals surface area contributed by atoms with Gasteiger partial charge in [0.2, 0.25) is 5.91 Å². The van der Waals surface area contributed by atoms with Crippen LogP contribution in [0, 0.1) is 0 Å². The van der Waals surface area contributed by atoms with Crippen LogP contribution in [0.4, 0.5) is 5.69 Å². The number of aromatic amines is 1. The zero-order valence-electron chi connectivity index (χ0n) is 9.97. The summed E-state index contributed by atoms with van der Waals surface area (Å²) in [4.78, 5) is 23.0. The van der Waals surface area contributed by atoms with Gasteiger partial charge in [-0.05, 0) is 24.1 Å². The van der Waals surface area contributed by atoms with Crippen molar-refractivity contribution in [3.63, 3.8) is 0 Å². The summed E-state index contributed by atoms with van der Waals surface area (Å²) in [6, 6.07) is 6.75. The standard InChI is InChI=1S/C13H11N3O3/c17-12-4-2-8-1-3-9(7-11(8)15-12)19-13(18)10-5-6-14-16-10/h1,3,5-7H,2,4H2,(H,14,16)(H,15,17). The Morgan fingerprint density at radius 1 is 1.26 bits per heavy atom. The van der Waals surface area contributed by atoms with Crippen molar-refractivity contribution >= 4 is 17.6 Å². The number of anilines is 1. The molecule has 19 heavy (non-hydrogen) atoms. The molecular weight excluding hydrogens is 246 g/mol. The molecule has 0 saturated carbocycles. The highest BCUT2D eigenvalue weighted by atomic mass is 16.5. The van der Waals surface area contributed by atoms with E-state index >= 15 is 0 Å². The first kappa shape index (κ1) is 11.5. The van der Waals surface area contributed by atoms with Gasteiger partial charge in [0, 0.05) is 24.4 Å². The van der Waals surface area contributed by atoms with Gasteiger partial charge >= 0.3 is 5.97 Å². The van der Waals surface area contributed by atoms with Crippen LogP contribution < -0.4 is 10.1 Å². The molecule has 0 atom stereocenters. The van der Waals surface area contributed by atoms with Crippen LogP contribution in [-0.2, 0) is 11.2 Å². The smallest absolute Gasteiger partial charge is 0.361 e. The fourth-order valence-electron chi connectivity index (χ4n) is 1.95. The van der Waals surface area contributed by atoms with Gasteiger partial charge < -0.3 is 10.1 Å². The average molecular weight is 257 g/mol. The minimum Gasteiger partial charge on any atom is -0.422 e. The lowest BCUT2D eigenvalue weighted by Gasteiger charge is -2.17. The van der Waals surface area contributed by atoms with E-state index in [4.69, 9.17) is 4.74 Å². The highest BCUT2D eigenvalue weighted by Crippen LogP contribution is 2.27. The lowest BCUT2D eigenvalue weighted by atomic mass is 10.0. The largest absolute Gasteiger partial charge is 0.422 e. The predicted molar refractivity (Wildman–Crippen MR) is 66.9 cm³/mol. The number of benzene rings is 1. The first-order chi connectivity index (χ1) is 9.22. The first-order valence-electron chi connectivity index (χ1n) is 5.87. The number of aromatic nitrogens is 2. The molecule has 2 aromatic rings. The van der Waals surface area contributed by atoms with Gasteiger partial charge in [0.25, 0.3) is 0 Å². The van der Waals surface area contributed by atoms with Crippen LogP contribution in [0.1, 0.15) is 22.5 Å². The Morgan fingerprint density at radius 3 is 2.95 bits per heavy atom. The van der Waals surface area contributed by atoms with E-state index in [2.05, 4.69) is 15.5 Å². The molecule has 0 aliphatic carbocycles. The number of H-pyrrole nitrogens is 1. The van der Waals surface area contributed by atoms with Crippen molar-refractivity contribution in [1.29, 1.82) is 0 Å². The van der Waals surface area contributed by atoms with Crippen molar-refractivity contribution < 1.29 is 14.3 Å². The van der Waals surface area contributed by atoms with Crippen LogP contribution in [-0.4, -0.2) is 22.1 Å². The maximum absolute atomic E-state index is 11.7. The lowest BCUT2D eigenvalue weighted by molar-refractivity contribution is -0.116. The number of ether oxygens (including phenoxy) is 1. The molecule has 0 spiro atoms. The molecule has 1 amide bonds. The average Bonchev–Trinajstić information content (AvgIpc) is 2.92. The zero-order chi connectivity index (χ0) is 13.2. The number of carbonyl (C=O) groups is 2. The number of nitrogens with zero attached hydrogens (tertiary/aromatic N) is 1. The molecule has 1 aromatic carbocycles. The number of carbonyl (C=O) groups excluding carboxylic acids is 2. The monoisotopic (exact) mass is 257 g/mol. The van der Waals surface area contributed by atoms with E-state index in [-0.39, 0.29) is 11.6 Å². The van der Waals surface area contributed by atoms with Crippen molar-refractivity contribution in [3.8, 4) is 5.75 Å². The maximum atomic E-state index is 11.7. The third kappa shape index (κ3) is 2.33. The molecule has 0 radical (unpaired) electrons. The molecule has 1 aliphatic heterocycles. The maximum Gasteiger partial charge on any atom is 0.361 e. The third-order valence-corrected chi connectivity index (χ3v) is 2.91. The number of hydrogen-bond donors (Lipinski definition) is 2. The summed E-state index contributed by atoms with van der Waals surface area (Å²) in [5.41, 5.74) is 2.02. The van der Waals surface area contributed by atoms with Crippen LogP contribution >= 0.6 is 0 Å². The highest BCUT2D eigenvalue weighted by Gasteiger charge is 2.16. The number of aryl methyl sites for hydroxylation is 1. The van der Waals surface area contributed by atoms with Crippen molar-refractivity contribution in [2.24, 2.45) is 0 Å². The van der Waals surface area contributed by atoms with Crippen LogP contribution in [0.5, 0.6) is 5.75 Å². The van der Waals surface area contributed by atoms with E-state index in [9.17, 15) is 9.59 Å². The second-order valence-electron chi connectivity index (χ2n) is 4.23. The van der Waals surface area contributed by atoms with Crippen molar-refractivity contribution in [2.75, 3.05) is 5.32 Å². The van der Waals surface area contributed by atoms with E-state index in [1.807, 2.05) is 6.07 Å². The summed E-state index contributed by atoms with van der Waals surface area (Å²) in [5.74, 6) is -0.148. The molecule has 96 valence electrons. The Kier molecular flexibility index (Phi) is 2.75. The molecule has 0 fully saturated rings. The van der Waals surface area contributed by atoms with Crippen molar-refractivity contribution in [3.05, 3.63) is 41.7 Å². The van der Waals surface area contributed by atoms with Gasteiger partial charge in [0.15, 0.2) is 0 Å². The van der Waals surface area contributed by atoms with Crippen LogP contribution in [0.2, 0.25) is 0 Å². The van der Waals surface area contributed by atoms with Gasteiger partial charge in [-0.15, -0.1) is 0 Å². The van der Waals surface area contributed by atoms with Crippen molar-refractivity contribution in [2.45, 2.75) is 12.8 Å². The highest BCUT2D eigenvalue weighted by molar-refractivity contribution is 5.94. The minimum absolute atomic E-state index is 0.0236. The van der Waals surface area contributed by atoms with Crippen LogP contribution in [0.3, 0.4) is 0 Å². The van der Waals surface area contributed by atoms with Crippen LogP contribution in [0.25, 0.3) is 0 Å². The molecule has 6 nitrogen and oxygen atoms in total.